The molecule has 18 heavy (non-hydrogen) atoms. The second-order valence-electron chi connectivity index (χ2n) is 6.68. The van der Waals surface area contributed by atoms with Crippen molar-refractivity contribution < 1.29 is 9.90 Å². The van der Waals surface area contributed by atoms with Crippen LogP contribution in [0.25, 0.3) is 0 Å². The summed E-state index contributed by atoms with van der Waals surface area (Å²) in [6.07, 6.45) is 2.81. The fourth-order valence-corrected chi connectivity index (χ4v) is 2.51. The van der Waals surface area contributed by atoms with Crippen LogP contribution in [0.2, 0.25) is 0 Å². The van der Waals surface area contributed by atoms with Gasteiger partial charge < -0.3 is 10.0 Å². The minimum Gasteiger partial charge on any atom is -0.465 e. The van der Waals surface area contributed by atoms with Crippen LogP contribution in [0.4, 0.5) is 4.79 Å². The Morgan fingerprint density at radius 3 is 2.28 bits per heavy atom. The van der Waals surface area contributed by atoms with Crippen LogP contribution in [0.1, 0.15) is 53.4 Å². The lowest BCUT2D eigenvalue weighted by Gasteiger charge is -2.39. The van der Waals surface area contributed by atoms with Gasteiger partial charge in [-0.2, -0.15) is 5.26 Å². The van der Waals surface area contributed by atoms with Gasteiger partial charge in [-0.15, -0.1) is 0 Å². The fourth-order valence-electron chi connectivity index (χ4n) is 2.51. The van der Waals surface area contributed by atoms with Gasteiger partial charge in [-0.25, -0.2) is 4.79 Å². The highest BCUT2D eigenvalue weighted by Crippen LogP contribution is 2.38. The van der Waals surface area contributed by atoms with Crippen molar-refractivity contribution >= 4 is 6.09 Å². The third kappa shape index (κ3) is 3.63. The smallest absolute Gasteiger partial charge is 0.407 e. The topological polar surface area (TPSA) is 64.3 Å². The van der Waals surface area contributed by atoms with Crippen LogP contribution in [0.15, 0.2) is 0 Å². The summed E-state index contributed by atoms with van der Waals surface area (Å²) in [5.41, 5.74) is -0.561. The van der Waals surface area contributed by atoms with E-state index in [4.69, 9.17) is 5.26 Å². The molecule has 0 heterocycles. The SMILES string of the molecule is CC1(C#N)CCC(CN(C(=O)O)C(C)(C)C)CC1. The molecule has 0 atom stereocenters. The van der Waals surface area contributed by atoms with Crippen LogP contribution >= 0.6 is 0 Å². The molecule has 1 aliphatic rings. The number of amides is 1. The Hall–Kier alpha value is -1.24. The predicted molar refractivity (Wildman–Crippen MR) is 70.2 cm³/mol. The first-order chi connectivity index (χ1) is 8.18. The molecule has 1 fully saturated rings. The number of carbonyl (C=O) groups is 1. The van der Waals surface area contributed by atoms with E-state index in [1.54, 1.807) is 0 Å². The zero-order valence-electron chi connectivity index (χ0n) is 11.9. The Kier molecular flexibility index (Phi) is 4.26. The Labute approximate surface area is 110 Å². The molecule has 1 amide bonds. The Balaban J connectivity index is 2.59. The highest BCUT2D eigenvalue weighted by Gasteiger charge is 2.34. The van der Waals surface area contributed by atoms with Crippen LogP contribution in [0.3, 0.4) is 0 Å². The number of hydrogen-bond donors (Lipinski definition) is 1. The summed E-state index contributed by atoms with van der Waals surface area (Å²) >= 11 is 0. The van der Waals surface area contributed by atoms with E-state index in [1.807, 2.05) is 27.7 Å². The van der Waals surface area contributed by atoms with Gasteiger partial charge in [0.2, 0.25) is 0 Å². The van der Waals surface area contributed by atoms with Crippen LogP contribution in [0.5, 0.6) is 0 Å². The molecule has 1 saturated carbocycles. The molecule has 0 radical (unpaired) electrons. The lowest BCUT2D eigenvalue weighted by Crippen LogP contribution is -2.48. The van der Waals surface area contributed by atoms with Crippen molar-refractivity contribution in [2.24, 2.45) is 11.3 Å². The van der Waals surface area contributed by atoms with Gasteiger partial charge in [0.1, 0.15) is 0 Å². The molecule has 0 aromatic heterocycles. The molecule has 1 rings (SSSR count). The first kappa shape index (κ1) is 14.8. The van der Waals surface area contributed by atoms with Crippen molar-refractivity contribution in [3.63, 3.8) is 0 Å². The number of nitrogens with zero attached hydrogens (tertiary/aromatic N) is 2. The fraction of sp³-hybridized carbons (Fsp3) is 0.857. The molecule has 102 valence electrons. The average molecular weight is 252 g/mol. The molecule has 0 bridgehead atoms. The minimum absolute atomic E-state index is 0.202. The van der Waals surface area contributed by atoms with Crippen molar-refractivity contribution in [3.05, 3.63) is 0 Å². The van der Waals surface area contributed by atoms with Crippen molar-refractivity contribution in [1.29, 1.82) is 5.26 Å². The largest absolute Gasteiger partial charge is 0.465 e. The van der Waals surface area contributed by atoms with Crippen LogP contribution in [0, 0.1) is 22.7 Å². The van der Waals surface area contributed by atoms with E-state index in [1.165, 1.54) is 4.90 Å². The second kappa shape index (κ2) is 5.17. The van der Waals surface area contributed by atoms with Crippen LogP contribution < -0.4 is 0 Å². The van der Waals surface area contributed by atoms with Gasteiger partial charge in [-0.05, 0) is 59.3 Å². The highest BCUT2D eigenvalue weighted by atomic mass is 16.4. The van der Waals surface area contributed by atoms with Crippen LogP contribution in [-0.4, -0.2) is 28.2 Å². The summed E-state index contributed by atoms with van der Waals surface area (Å²) in [5, 5.41) is 18.3. The van der Waals surface area contributed by atoms with Crippen molar-refractivity contribution in [2.75, 3.05) is 6.54 Å². The Morgan fingerprint density at radius 1 is 1.44 bits per heavy atom. The number of nitriles is 1. The third-order valence-corrected chi connectivity index (χ3v) is 3.96. The van der Waals surface area contributed by atoms with Gasteiger partial charge in [0, 0.05) is 12.1 Å². The van der Waals surface area contributed by atoms with E-state index in [0.717, 1.165) is 25.7 Å². The normalized spacial score (nSPS) is 28.5. The Bertz CT molecular complexity index is 344. The van der Waals surface area contributed by atoms with E-state index < -0.39 is 6.09 Å². The number of hydrogen-bond acceptors (Lipinski definition) is 2. The Morgan fingerprint density at radius 2 is 1.94 bits per heavy atom. The van der Waals surface area contributed by atoms with Crippen molar-refractivity contribution in [3.8, 4) is 6.07 Å². The van der Waals surface area contributed by atoms with Gasteiger partial charge in [-0.3, -0.25) is 0 Å². The van der Waals surface area contributed by atoms with Gasteiger partial charge in [0.15, 0.2) is 0 Å². The lowest BCUT2D eigenvalue weighted by atomic mass is 9.72. The predicted octanol–water partition coefficient (Wildman–Crippen LogP) is 3.48. The van der Waals surface area contributed by atoms with E-state index in [9.17, 15) is 9.90 Å². The maximum atomic E-state index is 11.3. The number of rotatable bonds is 2. The van der Waals surface area contributed by atoms with Crippen molar-refractivity contribution in [1.82, 2.24) is 4.90 Å². The first-order valence-corrected chi connectivity index (χ1v) is 6.60. The first-order valence-electron chi connectivity index (χ1n) is 6.60. The third-order valence-electron chi connectivity index (χ3n) is 3.96. The van der Waals surface area contributed by atoms with Gasteiger partial charge >= 0.3 is 6.09 Å². The maximum absolute atomic E-state index is 11.3. The molecule has 0 aromatic carbocycles. The monoisotopic (exact) mass is 252 g/mol. The standard InChI is InChI=1S/C14H24N2O2/c1-13(2,3)16(12(17)18)9-11-5-7-14(4,10-15)8-6-11/h11H,5-9H2,1-4H3,(H,17,18). The average Bonchev–Trinajstić information content (AvgIpc) is 2.26. The van der Waals surface area contributed by atoms with Crippen LogP contribution in [-0.2, 0) is 0 Å². The van der Waals surface area contributed by atoms with Crippen molar-refractivity contribution in [2.45, 2.75) is 58.9 Å². The van der Waals surface area contributed by atoms with Gasteiger partial charge in [-0.1, -0.05) is 0 Å². The van der Waals surface area contributed by atoms with E-state index >= 15 is 0 Å². The molecular weight excluding hydrogens is 228 g/mol. The molecule has 0 aromatic rings. The number of carboxylic acid groups (broad SMARTS) is 1. The molecule has 4 heteroatoms. The second-order valence-corrected chi connectivity index (χ2v) is 6.68. The minimum atomic E-state index is -0.851. The molecule has 0 saturated heterocycles. The molecule has 1 aliphatic carbocycles. The van der Waals surface area contributed by atoms with Gasteiger partial charge in [0.05, 0.1) is 11.5 Å². The molecule has 0 spiro atoms. The van der Waals surface area contributed by atoms with E-state index in [-0.39, 0.29) is 11.0 Å². The quantitative estimate of drug-likeness (QED) is 0.818. The summed E-state index contributed by atoms with van der Waals surface area (Å²) in [4.78, 5) is 12.8. The lowest BCUT2D eigenvalue weighted by molar-refractivity contribution is 0.0769. The zero-order chi connectivity index (χ0) is 14.0. The summed E-state index contributed by atoms with van der Waals surface area (Å²) in [6.45, 7) is 8.35. The molecule has 1 N–H and O–H groups in total. The maximum Gasteiger partial charge on any atom is 0.407 e. The summed E-state index contributed by atoms with van der Waals surface area (Å²) < 4.78 is 0. The van der Waals surface area contributed by atoms with E-state index in [0.29, 0.717) is 12.5 Å². The highest BCUT2D eigenvalue weighted by molar-refractivity contribution is 5.66. The molecular formula is C14H24N2O2. The summed E-state index contributed by atoms with van der Waals surface area (Å²) in [5.74, 6) is 0.391. The van der Waals surface area contributed by atoms with Gasteiger partial charge in [0.25, 0.3) is 0 Å². The zero-order valence-corrected chi connectivity index (χ0v) is 11.9. The summed E-state index contributed by atoms with van der Waals surface area (Å²) in [6, 6.07) is 2.38. The molecule has 0 unspecified atom stereocenters. The molecule has 0 aliphatic heterocycles. The van der Waals surface area contributed by atoms with E-state index in [2.05, 4.69) is 6.07 Å². The molecule has 4 nitrogen and oxygen atoms in total. The summed E-state index contributed by atoms with van der Waals surface area (Å²) in [7, 11) is 0.